The van der Waals surface area contributed by atoms with Crippen LogP contribution in [0.2, 0.25) is 5.02 Å². The minimum Gasteiger partial charge on any atom is -0.381 e. The quantitative estimate of drug-likeness (QED) is 0.303. The second-order valence-electron chi connectivity index (χ2n) is 9.12. The van der Waals surface area contributed by atoms with E-state index in [0.29, 0.717) is 23.8 Å². The third kappa shape index (κ3) is 4.86. The first-order valence-electron chi connectivity index (χ1n) is 12.3. The molecule has 6 nitrogen and oxygen atoms in total. The zero-order valence-electron chi connectivity index (χ0n) is 20.1. The van der Waals surface area contributed by atoms with E-state index in [9.17, 15) is 4.79 Å². The molecule has 1 amide bonds. The van der Waals surface area contributed by atoms with Crippen molar-refractivity contribution in [2.45, 2.75) is 18.9 Å². The van der Waals surface area contributed by atoms with Crippen molar-refractivity contribution < 1.29 is 9.53 Å². The van der Waals surface area contributed by atoms with Gasteiger partial charge in [0.05, 0.1) is 17.1 Å². The molecule has 3 aromatic heterocycles. The Balaban J connectivity index is 1.34. The molecular formula is C30H25ClN4O2. The number of amides is 1. The van der Waals surface area contributed by atoms with Crippen molar-refractivity contribution >= 4 is 23.2 Å². The van der Waals surface area contributed by atoms with E-state index in [4.69, 9.17) is 21.3 Å². The van der Waals surface area contributed by atoms with Crippen LogP contribution in [0.5, 0.6) is 0 Å². The maximum Gasteiger partial charge on any atom is 0.251 e. The summed E-state index contributed by atoms with van der Waals surface area (Å²) in [6.45, 7) is 1.38. The molecule has 0 bridgehead atoms. The summed E-state index contributed by atoms with van der Waals surface area (Å²) in [6.07, 6.45) is 5.51. The van der Waals surface area contributed by atoms with E-state index >= 15 is 0 Å². The highest BCUT2D eigenvalue weighted by atomic mass is 35.5. The molecule has 1 aliphatic heterocycles. The third-order valence-electron chi connectivity index (χ3n) is 6.66. The van der Waals surface area contributed by atoms with Crippen LogP contribution in [0.3, 0.4) is 0 Å². The molecule has 1 aliphatic rings. The third-order valence-corrected chi connectivity index (χ3v) is 6.90. The van der Waals surface area contributed by atoms with Crippen LogP contribution in [0.1, 0.15) is 23.2 Å². The van der Waals surface area contributed by atoms with E-state index in [1.807, 2.05) is 79.0 Å². The number of halogens is 1. The summed E-state index contributed by atoms with van der Waals surface area (Å²) in [6, 6.07) is 25.5. The number of nitrogens with zero attached hydrogens (tertiary/aromatic N) is 3. The molecule has 2 aromatic carbocycles. The number of imidazole rings is 1. The molecule has 4 heterocycles. The molecule has 0 saturated carbocycles. The Bertz CT molecular complexity index is 1570. The fraction of sp³-hybridized carbons (Fsp3) is 0.167. The maximum absolute atomic E-state index is 12.7. The van der Waals surface area contributed by atoms with Crippen molar-refractivity contribution in [1.82, 2.24) is 19.7 Å². The molecule has 0 aliphatic carbocycles. The van der Waals surface area contributed by atoms with Crippen LogP contribution in [-0.4, -0.2) is 39.5 Å². The second kappa shape index (κ2) is 10.2. The van der Waals surface area contributed by atoms with E-state index in [-0.39, 0.29) is 11.9 Å². The molecule has 37 heavy (non-hydrogen) atoms. The predicted octanol–water partition coefficient (Wildman–Crippen LogP) is 6.29. The highest BCUT2D eigenvalue weighted by Crippen LogP contribution is 2.35. The number of rotatable bonds is 5. The van der Waals surface area contributed by atoms with Gasteiger partial charge in [0.1, 0.15) is 5.65 Å². The Hall–Kier alpha value is -4.00. The minimum absolute atomic E-state index is 0.0583. The molecule has 1 fully saturated rings. The van der Waals surface area contributed by atoms with Crippen LogP contribution in [0.4, 0.5) is 0 Å². The number of carbonyl (C=O) groups excluding carboxylic acids is 1. The van der Waals surface area contributed by atoms with E-state index < -0.39 is 0 Å². The first-order chi connectivity index (χ1) is 18.2. The Labute approximate surface area is 219 Å². The fourth-order valence-corrected chi connectivity index (χ4v) is 4.94. The number of carbonyl (C=O) groups is 1. The molecule has 1 saturated heterocycles. The molecule has 6 rings (SSSR count). The van der Waals surface area contributed by atoms with Gasteiger partial charge in [-0.25, -0.2) is 4.98 Å². The number of fused-ring (bicyclic) bond motifs is 1. The zero-order valence-corrected chi connectivity index (χ0v) is 20.9. The van der Waals surface area contributed by atoms with Gasteiger partial charge in [-0.15, -0.1) is 0 Å². The molecule has 7 heteroatoms. The normalized spacial score (nSPS) is 14.1. The monoisotopic (exact) mass is 508 g/mol. The molecule has 0 unspecified atom stereocenters. The lowest BCUT2D eigenvalue weighted by molar-refractivity contribution is 0.0696. The van der Waals surface area contributed by atoms with Gasteiger partial charge in [-0.3, -0.25) is 14.2 Å². The van der Waals surface area contributed by atoms with Crippen LogP contribution in [0, 0.1) is 0 Å². The van der Waals surface area contributed by atoms with Crippen LogP contribution >= 0.6 is 11.6 Å². The molecule has 0 radical (unpaired) electrons. The number of aromatic nitrogens is 3. The number of ether oxygens (including phenoxy) is 1. The van der Waals surface area contributed by atoms with Gasteiger partial charge in [0.25, 0.3) is 5.91 Å². The number of nitrogens with one attached hydrogen (secondary N) is 1. The van der Waals surface area contributed by atoms with Crippen LogP contribution in [0.25, 0.3) is 39.4 Å². The van der Waals surface area contributed by atoms with Gasteiger partial charge in [-0.1, -0.05) is 41.9 Å². The van der Waals surface area contributed by atoms with Crippen LogP contribution < -0.4 is 5.32 Å². The maximum atomic E-state index is 12.7. The van der Waals surface area contributed by atoms with Crippen LogP contribution in [-0.2, 0) is 4.74 Å². The predicted molar refractivity (Wildman–Crippen MR) is 146 cm³/mol. The lowest BCUT2D eigenvalue weighted by atomic mass is 10.0. The van der Waals surface area contributed by atoms with Crippen LogP contribution in [0.15, 0.2) is 91.3 Å². The van der Waals surface area contributed by atoms with E-state index in [0.717, 1.165) is 52.3 Å². The van der Waals surface area contributed by atoms with Gasteiger partial charge >= 0.3 is 0 Å². The van der Waals surface area contributed by atoms with Crippen molar-refractivity contribution in [3.05, 3.63) is 102 Å². The van der Waals surface area contributed by atoms with Gasteiger partial charge in [0.15, 0.2) is 0 Å². The molecule has 5 aromatic rings. The summed E-state index contributed by atoms with van der Waals surface area (Å²) in [5, 5.41) is 3.77. The van der Waals surface area contributed by atoms with Gasteiger partial charge in [-0.05, 0) is 61.4 Å². The topological polar surface area (TPSA) is 68.5 Å². The Morgan fingerprint density at radius 3 is 2.57 bits per heavy atom. The number of benzene rings is 2. The van der Waals surface area contributed by atoms with Crippen molar-refractivity contribution in [1.29, 1.82) is 0 Å². The Morgan fingerprint density at radius 1 is 0.919 bits per heavy atom. The second-order valence-corrected chi connectivity index (χ2v) is 9.55. The Morgan fingerprint density at radius 2 is 1.76 bits per heavy atom. The lowest BCUT2D eigenvalue weighted by Crippen LogP contribution is -2.38. The summed E-state index contributed by atoms with van der Waals surface area (Å²) in [4.78, 5) is 22.2. The average molecular weight is 509 g/mol. The van der Waals surface area contributed by atoms with Crippen molar-refractivity contribution in [3.63, 3.8) is 0 Å². The van der Waals surface area contributed by atoms with Crippen molar-refractivity contribution in [3.8, 4) is 33.8 Å². The SMILES string of the molecule is O=C(NC1CCOCC1)c1ccc(-c2cc(-c3c(-c4cccc(Cl)c4)nc4ccccn34)ccn2)cc1. The van der Waals surface area contributed by atoms with E-state index in [1.165, 1.54) is 0 Å². The smallest absolute Gasteiger partial charge is 0.251 e. The van der Waals surface area contributed by atoms with Gasteiger partial charge in [-0.2, -0.15) is 0 Å². The zero-order chi connectivity index (χ0) is 25.2. The Kier molecular flexibility index (Phi) is 6.43. The largest absolute Gasteiger partial charge is 0.381 e. The summed E-state index contributed by atoms with van der Waals surface area (Å²) < 4.78 is 7.46. The number of hydrogen-bond acceptors (Lipinski definition) is 4. The molecular weight excluding hydrogens is 484 g/mol. The van der Waals surface area contributed by atoms with Gasteiger partial charge in [0.2, 0.25) is 0 Å². The highest BCUT2D eigenvalue weighted by Gasteiger charge is 2.19. The molecule has 184 valence electrons. The van der Waals surface area contributed by atoms with E-state index in [1.54, 1.807) is 6.20 Å². The first kappa shape index (κ1) is 23.4. The minimum atomic E-state index is -0.0583. The van der Waals surface area contributed by atoms with Crippen molar-refractivity contribution in [2.24, 2.45) is 0 Å². The average Bonchev–Trinajstić information content (AvgIpc) is 3.34. The summed E-state index contributed by atoms with van der Waals surface area (Å²) in [5.74, 6) is -0.0583. The molecule has 0 spiro atoms. The van der Waals surface area contributed by atoms with Gasteiger partial charge < -0.3 is 10.1 Å². The summed E-state index contributed by atoms with van der Waals surface area (Å²) >= 11 is 6.31. The van der Waals surface area contributed by atoms with Crippen molar-refractivity contribution in [2.75, 3.05) is 13.2 Å². The fourth-order valence-electron chi connectivity index (χ4n) is 4.75. The summed E-state index contributed by atoms with van der Waals surface area (Å²) in [5.41, 5.74) is 6.99. The molecule has 0 atom stereocenters. The molecule has 1 N–H and O–H groups in total. The van der Waals surface area contributed by atoms with Gasteiger partial charge in [0, 0.05) is 58.9 Å². The lowest BCUT2D eigenvalue weighted by Gasteiger charge is -2.23. The highest BCUT2D eigenvalue weighted by molar-refractivity contribution is 6.30. The van der Waals surface area contributed by atoms with E-state index in [2.05, 4.69) is 20.8 Å². The number of hydrogen-bond donors (Lipinski definition) is 1. The summed E-state index contributed by atoms with van der Waals surface area (Å²) in [7, 11) is 0. The standard InChI is InChI=1S/C30H25ClN4O2/c31-24-5-3-4-22(18-24)28-29(35-15-2-1-6-27(35)34-28)23-11-14-32-26(19-23)20-7-9-21(10-8-20)30(36)33-25-12-16-37-17-13-25/h1-11,14-15,18-19,25H,12-13,16-17H2,(H,33,36). The number of pyridine rings is 2. The first-order valence-corrected chi connectivity index (χ1v) is 12.7.